The molecule has 0 fully saturated rings. The van der Waals surface area contributed by atoms with Crippen LogP contribution in [0.3, 0.4) is 0 Å². The van der Waals surface area contributed by atoms with E-state index in [4.69, 9.17) is 14.2 Å². The van der Waals surface area contributed by atoms with Gasteiger partial charge in [0.25, 0.3) is 0 Å². The molecular weight excluding hydrogens is 961 g/mol. The standard InChI is InChI=1S/C72H120O6/c1-4-7-10-13-16-19-22-25-27-28-29-30-31-32-33-34-35-36-37-38-39-40-41-42-43-44-45-48-50-53-56-59-62-65-71(74)77-68-69(67-76-70(73)64-61-58-55-52-49-46-24-21-18-15-12-9-6-3)78-72(75)66-63-60-57-54-51-47-26-23-20-17-14-11-8-5-2/h7,9-10,12,16,18-19,21,23,25-27,29-30,32-33,46,49,55,58,69H,4-6,8,11,13-15,17,20,22,24,28,31,34-45,47-48,50-54,56-57,59-68H2,1-3H3/b10-7-,12-9-,19-16-,21-18-,26-23-,27-25-,30-29-,33-32-,49-46-,58-55-. The molecule has 1 unspecified atom stereocenters. The van der Waals surface area contributed by atoms with Crippen LogP contribution in [0, 0.1) is 0 Å². The molecule has 0 amide bonds. The van der Waals surface area contributed by atoms with Crippen molar-refractivity contribution in [1.82, 2.24) is 0 Å². The highest BCUT2D eigenvalue weighted by Crippen LogP contribution is 2.16. The highest BCUT2D eigenvalue weighted by Gasteiger charge is 2.19. The Kier molecular flexibility index (Phi) is 61.8. The molecular formula is C72H120O6. The SMILES string of the molecule is CC/C=C\C/C=C\C/C=C\C/C=C\C/C=C\CCCCCCCCCCCCCCCCCCCC(=O)OCC(COC(=O)CC/C=C\C/C=C\C/C=C\C/C=C\CC)OC(=O)CCCCCCC/C=C\CCCCCCC. The van der Waals surface area contributed by atoms with E-state index in [-0.39, 0.29) is 37.5 Å². The third-order valence-corrected chi connectivity index (χ3v) is 13.7. The van der Waals surface area contributed by atoms with Crippen LogP contribution >= 0.6 is 0 Å². The van der Waals surface area contributed by atoms with Gasteiger partial charge in [-0.1, -0.05) is 284 Å². The normalized spacial score (nSPS) is 12.9. The Bertz CT molecular complexity index is 1620. The Hall–Kier alpha value is -4.19. The zero-order valence-corrected chi connectivity index (χ0v) is 50.9. The van der Waals surface area contributed by atoms with Crippen LogP contribution in [-0.2, 0) is 28.6 Å². The minimum absolute atomic E-state index is 0.103. The minimum Gasteiger partial charge on any atom is -0.462 e. The van der Waals surface area contributed by atoms with Crippen LogP contribution < -0.4 is 0 Å². The van der Waals surface area contributed by atoms with Crippen LogP contribution in [0.15, 0.2) is 122 Å². The summed E-state index contributed by atoms with van der Waals surface area (Å²) in [6, 6.07) is 0. The van der Waals surface area contributed by atoms with Crippen LogP contribution in [0.25, 0.3) is 0 Å². The van der Waals surface area contributed by atoms with Gasteiger partial charge in [-0.05, 0) is 116 Å². The molecule has 0 aliphatic rings. The Balaban J connectivity index is 4.19. The van der Waals surface area contributed by atoms with E-state index in [9.17, 15) is 14.4 Å². The fourth-order valence-electron chi connectivity index (χ4n) is 8.89. The smallest absolute Gasteiger partial charge is 0.306 e. The topological polar surface area (TPSA) is 78.9 Å². The molecule has 78 heavy (non-hydrogen) atoms. The zero-order chi connectivity index (χ0) is 56.4. The van der Waals surface area contributed by atoms with Crippen molar-refractivity contribution in [3.63, 3.8) is 0 Å². The van der Waals surface area contributed by atoms with Gasteiger partial charge in [-0.2, -0.15) is 0 Å². The summed E-state index contributed by atoms with van der Waals surface area (Å²) in [6.45, 7) is 6.34. The number of unbranched alkanes of at least 4 members (excludes halogenated alkanes) is 27. The van der Waals surface area contributed by atoms with Gasteiger partial charge in [0.15, 0.2) is 6.10 Å². The fraction of sp³-hybridized carbons (Fsp3) is 0.681. The maximum atomic E-state index is 12.9. The molecule has 0 aromatic carbocycles. The molecule has 0 aliphatic carbocycles. The monoisotopic (exact) mass is 1080 g/mol. The summed E-state index contributed by atoms with van der Waals surface area (Å²) in [4.78, 5) is 38.2. The maximum Gasteiger partial charge on any atom is 0.306 e. The van der Waals surface area contributed by atoms with Gasteiger partial charge in [0, 0.05) is 19.3 Å². The molecule has 0 rings (SSSR count). The summed E-state index contributed by atoms with van der Waals surface area (Å²) in [5.41, 5.74) is 0. The Morgan fingerprint density at radius 3 is 0.872 bits per heavy atom. The Morgan fingerprint density at radius 2 is 0.526 bits per heavy atom. The first-order valence-corrected chi connectivity index (χ1v) is 32.5. The van der Waals surface area contributed by atoms with Crippen molar-refractivity contribution in [1.29, 1.82) is 0 Å². The lowest BCUT2D eigenvalue weighted by Crippen LogP contribution is -2.30. The zero-order valence-electron chi connectivity index (χ0n) is 50.9. The summed E-state index contributed by atoms with van der Waals surface area (Å²) in [7, 11) is 0. The molecule has 6 nitrogen and oxygen atoms in total. The van der Waals surface area contributed by atoms with Gasteiger partial charge in [-0.3, -0.25) is 14.4 Å². The summed E-state index contributed by atoms with van der Waals surface area (Å²) >= 11 is 0. The third-order valence-electron chi connectivity index (χ3n) is 13.7. The first-order valence-electron chi connectivity index (χ1n) is 32.5. The Labute approximate surface area is 482 Å². The number of ether oxygens (including phenoxy) is 3. The average Bonchev–Trinajstić information content (AvgIpc) is 3.44. The lowest BCUT2D eigenvalue weighted by atomic mass is 10.0. The van der Waals surface area contributed by atoms with Crippen LogP contribution in [0.4, 0.5) is 0 Å². The van der Waals surface area contributed by atoms with E-state index in [1.807, 2.05) is 6.08 Å². The van der Waals surface area contributed by atoms with Crippen LogP contribution in [0.5, 0.6) is 0 Å². The molecule has 6 heteroatoms. The molecule has 1 atom stereocenters. The number of hydrogen-bond donors (Lipinski definition) is 0. The number of rotatable bonds is 58. The molecule has 0 bridgehead atoms. The van der Waals surface area contributed by atoms with E-state index in [0.717, 1.165) is 109 Å². The van der Waals surface area contributed by atoms with Crippen molar-refractivity contribution in [3.8, 4) is 0 Å². The van der Waals surface area contributed by atoms with Crippen molar-refractivity contribution in [2.24, 2.45) is 0 Å². The minimum atomic E-state index is -0.812. The number of hydrogen-bond acceptors (Lipinski definition) is 6. The van der Waals surface area contributed by atoms with Gasteiger partial charge >= 0.3 is 17.9 Å². The number of carbonyl (C=O) groups is 3. The molecule has 0 spiro atoms. The summed E-state index contributed by atoms with van der Waals surface area (Å²) in [5, 5.41) is 0. The Morgan fingerprint density at radius 1 is 0.269 bits per heavy atom. The van der Waals surface area contributed by atoms with E-state index in [1.54, 1.807) is 0 Å². The highest BCUT2D eigenvalue weighted by molar-refractivity contribution is 5.71. The average molecular weight is 1080 g/mol. The van der Waals surface area contributed by atoms with Gasteiger partial charge in [-0.15, -0.1) is 0 Å². The number of carbonyl (C=O) groups excluding carboxylic acids is 3. The molecule has 0 aromatic rings. The maximum absolute atomic E-state index is 12.9. The predicted octanol–water partition coefficient (Wildman–Crippen LogP) is 22.4. The number of allylic oxidation sites excluding steroid dienone is 20. The second kappa shape index (κ2) is 65.3. The van der Waals surface area contributed by atoms with Gasteiger partial charge < -0.3 is 14.2 Å². The van der Waals surface area contributed by atoms with E-state index in [1.165, 1.54) is 141 Å². The van der Waals surface area contributed by atoms with Crippen molar-refractivity contribution in [2.45, 2.75) is 303 Å². The van der Waals surface area contributed by atoms with Crippen LogP contribution in [-0.4, -0.2) is 37.2 Å². The summed E-state index contributed by atoms with van der Waals surface area (Å²) < 4.78 is 16.8. The molecule has 0 radical (unpaired) electrons. The first-order chi connectivity index (χ1) is 38.5. The van der Waals surface area contributed by atoms with Crippen molar-refractivity contribution in [2.75, 3.05) is 13.2 Å². The van der Waals surface area contributed by atoms with E-state index < -0.39 is 6.10 Å². The largest absolute Gasteiger partial charge is 0.462 e. The molecule has 444 valence electrons. The second-order valence-corrected chi connectivity index (χ2v) is 21.3. The van der Waals surface area contributed by atoms with Gasteiger partial charge in [0.2, 0.25) is 0 Å². The highest BCUT2D eigenvalue weighted by atomic mass is 16.6. The van der Waals surface area contributed by atoms with Gasteiger partial charge in [0.05, 0.1) is 0 Å². The number of esters is 3. The van der Waals surface area contributed by atoms with E-state index in [0.29, 0.717) is 19.3 Å². The summed E-state index contributed by atoms with van der Waals surface area (Å²) in [6.07, 6.45) is 91.0. The lowest BCUT2D eigenvalue weighted by Gasteiger charge is -2.18. The van der Waals surface area contributed by atoms with Gasteiger partial charge in [-0.25, -0.2) is 0 Å². The molecule has 0 N–H and O–H groups in total. The molecule has 0 saturated carbocycles. The predicted molar refractivity (Wildman–Crippen MR) is 339 cm³/mol. The first kappa shape index (κ1) is 73.8. The van der Waals surface area contributed by atoms with Crippen molar-refractivity contribution < 1.29 is 28.6 Å². The molecule has 0 heterocycles. The second-order valence-electron chi connectivity index (χ2n) is 21.3. The van der Waals surface area contributed by atoms with Crippen molar-refractivity contribution in [3.05, 3.63) is 122 Å². The van der Waals surface area contributed by atoms with Crippen molar-refractivity contribution >= 4 is 17.9 Å². The summed E-state index contributed by atoms with van der Waals surface area (Å²) in [5.74, 6) is -0.991. The van der Waals surface area contributed by atoms with Crippen LogP contribution in [0.1, 0.15) is 297 Å². The lowest BCUT2D eigenvalue weighted by molar-refractivity contribution is -0.166. The third kappa shape index (κ3) is 62.7. The molecule has 0 aliphatic heterocycles. The van der Waals surface area contributed by atoms with Gasteiger partial charge in [0.1, 0.15) is 13.2 Å². The molecule has 0 saturated heterocycles. The molecule has 0 aromatic heterocycles. The van der Waals surface area contributed by atoms with E-state index >= 15 is 0 Å². The quantitative estimate of drug-likeness (QED) is 0.0261. The van der Waals surface area contributed by atoms with Crippen LogP contribution in [0.2, 0.25) is 0 Å². The van der Waals surface area contributed by atoms with E-state index in [2.05, 4.69) is 136 Å². The fourth-order valence-corrected chi connectivity index (χ4v) is 8.89.